The first-order valence-electron chi connectivity index (χ1n) is 6.26. The molecule has 0 aliphatic rings. The molecule has 1 heterocycles. The van der Waals surface area contributed by atoms with Crippen molar-refractivity contribution in [1.29, 1.82) is 0 Å². The molecule has 0 bridgehead atoms. The van der Waals surface area contributed by atoms with Crippen LogP contribution in [-0.2, 0) is 5.54 Å². The number of nitrogens with one attached hydrogen (secondary N) is 1. The van der Waals surface area contributed by atoms with Crippen LogP contribution >= 0.6 is 27.5 Å². The number of halogens is 2. The second kappa shape index (κ2) is 6.56. The summed E-state index contributed by atoms with van der Waals surface area (Å²) in [5, 5.41) is 12.6. The van der Waals surface area contributed by atoms with Crippen molar-refractivity contribution in [2.75, 3.05) is 6.61 Å². The van der Waals surface area contributed by atoms with E-state index in [4.69, 9.17) is 11.6 Å². The van der Waals surface area contributed by atoms with Crippen LogP contribution in [0.25, 0.3) is 0 Å². The normalized spacial score (nSPS) is 13.5. The Balaban J connectivity index is 2.30. The van der Waals surface area contributed by atoms with Gasteiger partial charge in [-0.1, -0.05) is 41.9 Å². The van der Waals surface area contributed by atoms with Crippen LogP contribution in [0.2, 0.25) is 5.15 Å². The minimum Gasteiger partial charge on any atom is -0.394 e. The molecule has 0 spiro atoms. The first kappa shape index (κ1) is 15.9. The van der Waals surface area contributed by atoms with Crippen LogP contribution in [0, 0.1) is 0 Å². The lowest BCUT2D eigenvalue weighted by Gasteiger charge is -2.29. The van der Waals surface area contributed by atoms with Gasteiger partial charge in [0, 0.05) is 10.7 Å². The fraction of sp³-hybridized carbons (Fsp3) is 0.200. The Morgan fingerprint density at radius 3 is 2.71 bits per heavy atom. The van der Waals surface area contributed by atoms with Crippen LogP contribution in [0.5, 0.6) is 0 Å². The summed E-state index contributed by atoms with van der Waals surface area (Å²) >= 11 is 9.21. The average molecular weight is 370 g/mol. The van der Waals surface area contributed by atoms with E-state index < -0.39 is 11.4 Å². The number of nitrogens with zero attached hydrogens (tertiary/aromatic N) is 1. The van der Waals surface area contributed by atoms with Gasteiger partial charge in [-0.3, -0.25) is 4.79 Å². The van der Waals surface area contributed by atoms with Gasteiger partial charge in [-0.05, 0) is 34.5 Å². The highest BCUT2D eigenvalue weighted by Crippen LogP contribution is 2.23. The lowest BCUT2D eigenvalue weighted by Crippen LogP contribution is -2.46. The predicted molar refractivity (Wildman–Crippen MR) is 85.3 cm³/mol. The third kappa shape index (κ3) is 3.61. The molecule has 2 N–H and O–H groups in total. The van der Waals surface area contributed by atoms with E-state index in [1.165, 1.54) is 6.20 Å². The smallest absolute Gasteiger partial charge is 0.255 e. The summed E-state index contributed by atoms with van der Waals surface area (Å²) in [5.41, 5.74) is 0.158. The fourth-order valence-corrected chi connectivity index (χ4v) is 2.43. The lowest BCUT2D eigenvalue weighted by atomic mass is 9.92. The number of carbonyl (C=O) groups excluding carboxylic acids is 1. The quantitative estimate of drug-likeness (QED) is 0.814. The summed E-state index contributed by atoms with van der Waals surface area (Å²) < 4.78 is 0.655. The van der Waals surface area contributed by atoms with E-state index in [0.717, 1.165) is 5.56 Å². The number of pyridine rings is 1. The van der Waals surface area contributed by atoms with Gasteiger partial charge in [0.25, 0.3) is 5.91 Å². The van der Waals surface area contributed by atoms with Gasteiger partial charge in [-0.2, -0.15) is 0 Å². The highest BCUT2D eigenvalue weighted by molar-refractivity contribution is 9.10. The molecule has 6 heteroatoms. The van der Waals surface area contributed by atoms with Gasteiger partial charge in [0.2, 0.25) is 0 Å². The molecule has 110 valence electrons. The molecule has 1 atom stereocenters. The van der Waals surface area contributed by atoms with Gasteiger partial charge in [0.05, 0.1) is 17.7 Å². The maximum absolute atomic E-state index is 12.4. The van der Waals surface area contributed by atoms with Crippen molar-refractivity contribution >= 4 is 33.4 Å². The molecule has 2 aromatic rings. The van der Waals surface area contributed by atoms with Crippen molar-refractivity contribution < 1.29 is 9.90 Å². The molecule has 1 aromatic heterocycles. The Bertz CT molecular complexity index is 651. The minimum absolute atomic E-state index is 0.115. The number of rotatable bonds is 4. The largest absolute Gasteiger partial charge is 0.394 e. The Morgan fingerprint density at radius 1 is 1.43 bits per heavy atom. The van der Waals surface area contributed by atoms with Crippen LogP contribution in [0.3, 0.4) is 0 Å². The highest BCUT2D eigenvalue weighted by atomic mass is 79.9. The molecule has 0 saturated carbocycles. The third-order valence-electron chi connectivity index (χ3n) is 3.17. The van der Waals surface area contributed by atoms with Gasteiger partial charge < -0.3 is 10.4 Å². The van der Waals surface area contributed by atoms with E-state index in [0.29, 0.717) is 4.47 Å². The first-order valence-corrected chi connectivity index (χ1v) is 7.43. The molecule has 0 aliphatic carbocycles. The Kier molecular flexibility index (Phi) is 4.98. The Labute approximate surface area is 136 Å². The summed E-state index contributed by atoms with van der Waals surface area (Å²) in [6.45, 7) is 1.52. The SMILES string of the molecule is CC(CO)(NC(=O)c1cc(Br)cnc1Cl)c1ccccc1. The van der Waals surface area contributed by atoms with Gasteiger partial charge >= 0.3 is 0 Å². The fourth-order valence-electron chi connectivity index (χ4n) is 1.91. The number of hydrogen-bond donors (Lipinski definition) is 2. The molecule has 1 amide bonds. The van der Waals surface area contributed by atoms with Crippen LogP contribution in [0.4, 0.5) is 0 Å². The Hall–Kier alpha value is -1.43. The summed E-state index contributed by atoms with van der Waals surface area (Å²) in [6, 6.07) is 10.9. The molecule has 0 saturated heterocycles. The van der Waals surface area contributed by atoms with Crippen molar-refractivity contribution in [3.8, 4) is 0 Å². The van der Waals surface area contributed by atoms with Gasteiger partial charge in [0.1, 0.15) is 5.15 Å². The molecule has 2 rings (SSSR count). The second-order valence-electron chi connectivity index (χ2n) is 4.80. The van der Waals surface area contributed by atoms with Crippen LogP contribution < -0.4 is 5.32 Å². The summed E-state index contributed by atoms with van der Waals surface area (Å²) in [6.07, 6.45) is 1.52. The highest BCUT2D eigenvalue weighted by Gasteiger charge is 2.29. The number of benzene rings is 1. The summed E-state index contributed by atoms with van der Waals surface area (Å²) in [5.74, 6) is -0.394. The van der Waals surface area contributed by atoms with Crippen molar-refractivity contribution in [1.82, 2.24) is 10.3 Å². The van der Waals surface area contributed by atoms with E-state index in [-0.39, 0.29) is 17.3 Å². The zero-order valence-electron chi connectivity index (χ0n) is 11.3. The second-order valence-corrected chi connectivity index (χ2v) is 6.08. The molecule has 0 radical (unpaired) electrons. The van der Waals surface area contributed by atoms with Crippen LogP contribution in [-0.4, -0.2) is 22.6 Å². The number of amides is 1. The zero-order valence-corrected chi connectivity index (χ0v) is 13.6. The minimum atomic E-state index is -0.899. The van der Waals surface area contributed by atoms with E-state index >= 15 is 0 Å². The molecule has 1 unspecified atom stereocenters. The predicted octanol–water partition coefficient (Wildman–Crippen LogP) is 3.14. The molecular weight excluding hydrogens is 356 g/mol. The third-order valence-corrected chi connectivity index (χ3v) is 3.90. The molecule has 0 fully saturated rings. The monoisotopic (exact) mass is 368 g/mol. The van der Waals surface area contributed by atoms with E-state index in [1.54, 1.807) is 13.0 Å². The molecule has 1 aromatic carbocycles. The summed E-state index contributed by atoms with van der Waals surface area (Å²) in [4.78, 5) is 16.3. The standard InChI is InChI=1S/C15H14BrClN2O2/c1-15(9-20,10-5-3-2-4-6-10)19-14(21)12-7-11(16)8-18-13(12)17/h2-8,20H,9H2,1H3,(H,19,21). The van der Waals surface area contributed by atoms with Crippen LogP contribution in [0.15, 0.2) is 47.1 Å². The lowest BCUT2D eigenvalue weighted by molar-refractivity contribution is 0.0849. The molecule has 4 nitrogen and oxygen atoms in total. The van der Waals surface area contributed by atoms with Crippen molar-refractivity contribution in [2.24, 2.45) is 0 Å². The number of aromatic nitrogens is 1. The number of hydrogen-bond acceptors (Lipinski definition) is 3. The maximum atomic E-state index is 12.4. The van der Waals surface area contributed by atoms with E-state index in [1.807, 2.05) is 30.3 Å². The van der Waals surface area contributed by atoms with E-state index in [9.17, 15) is 9.90 Å². The van der Waals surface area contributed by atoms with Crippen molar-refractivity contribution in [3.63, 3.8) is 0 Å². The van der Waals surface area contributed by atoms with Crippen molar-refractivity contribution in [3.05, 3.63) is 63.3 Å². The first-order chi connectivity index (χ1) is 9.96. The summed E-state index contributed by atoms with van der Waals surface area (Å²) in [7, 11) is 0. The number of aliphatic hydroxyl groups is 1. The average Bonchev–Trinajstić information content (AvgIpc) is 2.50. The molecular formula is C15H14BrClN2O2. The number of aliphatic hydroxyl groups excluding tert-OH is 1. The van der Waals surface area contributed by atoms with Gasteiger partial charge in [-0.15, -0.1) is 0 Å². The van der Waals surface area contributed by atoms with E-state index in [2.05, 4.69) is 26.2 Å². The maximum Gasteiger partial charge on any atom is 0.255 e. The Morgan fingerprint density at radius 2 is 2.10 bits per heavy atom. The van der Waals surface area contributed by atoms with Gasteiger partial charge in [0.15, 0.2) is 0 Å². The van der Waals surface area contributed by atoms with Crippen LogP contribution in [0.1, 0.15) is 22.8 Å². The van der Waals surface area contributed by atoms with Crippen molar-refractivity contribution in [2.45, 2.75) is 12.5 Å². The molecule has 0 aliphatic heterocycles. The topological polar surface area (TPSA) is 62.2 Å². The number of carbonyl (C=O) groups is 1. The molecule has 21 heavy (non-hydrogen) atoms. The van der Waals surface area contributed by atoms with Gasteiger partial charge in [-0.25, -0.2) is 4.98 Å². The zero-order chi connectivity index (χ0) is 15.5.